The molecule has 0 bridgehead atoms. The molecule has 1 heterocycles. The molecule has 2 aromatic rings. The van der Waals surface area contributed by atoms with Crippen molar-refractivity contribution >= 4 is 23.4 Å². The minimum absolute atomic E-state index is 0.330. The summed E-state index contributed by atoms with van der Waals surface area (Å²) >= 11 is 0. The van der Waals surface area contributed by atoms with Gasteiger partial charge in [0.1, 0.15) is 12.3 Å². The van der Waals surface area contributed by atoms with Crippen LogP contribution in [0.25, 0.3) is 0 Å². The van der Waals surface area contributed by atoms with Crippen LogP contribution < -0.4 is 10.1 Å². The second kappa shape index (κ2) is 6.39. The summed E-state index contributed by atoms with van der Waals surface area (Å²) in [5.41, 5.74) is 3.01. The number of aryl methyl sites for hydroxylation is 2. The number of nitrogens with zero attached hydrogens (tertiary/aromatic N) is 1. The zero-order chi connectivity index (χ0) is 18.1. The normalized spacial score (nSPS) is 13.0. The first kappa shape index (κ1) is 16.7. The van der Waals surface area contributed by atoms with Crippen molar-refractivity contribution in [2.45, 2.75) is 13.8 Å². The summed E-state index contributed by atoms with van der Waals surface area (Å²) in [6.45, 7) is 3.39. The van der Waals surface area contributed by atoms with Crippen molar-refractivity contribution in [3.05, 3.63) is 58.7 Å². The van der Waals surface area contributed by atoms with Crippen LogP contribution in [0, 0.1) is 13.8 Å². The van der Waals surface area contributed by atoms with E-state index in [9.17, 15) is 14.4 Å². The smallest absolute Gasteiger partial charge is 0.262 e. The molecule has 1 aliphatic rings. The van der Waals surface area contributed by atoms with Crippen LogP contribution in [0.4, 0.5) is 5.69 Å². The Morgan fingerprint density at radius 3 is 2.36 bits per heavy atom. The summed E-state index contributed by atoms with van der Waals surface area (Å²) in [6.07, 6.45) is 0. The van der Waals surface area contributed by atoms with Gasteiger partial charge in [0.15, 0.2) is 0 Å². The fraction of sp³-hybridized carbons (Fsp3) is 0.211. The molecule has 0 unspecified atom stereocenters. The van der Waals surface area contributed by atoms with Gasteiger partial charge in [-0.15, -0.1) is 0 Å². The summed E-state index contributed by atoms with van der Waals surface area (Å²) in [5, 5.41) is 2.70. The van der Waals surface area contributed by atoms with Gasteiger partial charge in [-0.2, -0.15) is 0 Å². The molecule has 25 heavy (non-hydrogen) atoms. The number of imide groups is 1. The fourth-order valence-electron chi connectivity index (χ4n) is 2.80. The largest absolute Gasteiger partial charge is 0.495 e. The highest BCUT2D eigenvalue weighted by atomic mass is 16.5. The highest BCUT2D eigenvalue weighted by molar-refractivity contribution is 6.22. The number of carbonyl (C=O) groups is 3. The number of amides is 3. The standard InChI is InChI=1S/C19H18N2O4/c1-11-4-6-13-14(8-11)19(24)21(18(13)23)10-17(22)20-15-9-12(2)5-7-16(15)25-3/h4-9H,10H2,1-3H3,(H,20,22). The third kappa shape index (κ3) is 3.10. The van der Waals surface area contributed by atoms with Crippen molar-refractivity contribution in [2.75, 3.05) is 19.0 Å². The zero-order valence-electron chi connectivity index (χ0n) is 14.3. The lowest BCUT2D eigenvalue weighted by atomic mass is 10.1. The molecule has 6 heteroatoms. The second-order valence-electron chi connectivity index (χ2n) is 6.00. The number of ether oxygens (including phenoxy) is 1. The van der Waals surface area contributed by atoms with Crippen LogP contribution in [0.1, 0.15) is 31.8 Å². The minimum Gasteiger partial charge on any atom is -0.495 e. The fourth-order valence-corrected chi connectivity index (χ4v) is 2.80. The van der Waals surface area contributed by atoms with Gasteiger partial charge in [0.05, 0.1) is 23.9 Å². The van der Waals surface area contributed by atoms with Crippen molar-refractivity contribution in [3.8, 4) is 5.75 Å². The van der Waals surface area contributed by atoms with Gasteiger partial charge in [-0.1, -0.05) is 17.7 Å². The van der Waals surface area contributed by atoms with Crippen molar-refractivity contribution in [1.82, 2.24) is 4.90 Å². The molecule has 1 N–H and O–H groups in total. The van der Waals surface area contributed by atoms with Gasteiger partial charge in [-0.25, -0.2) is 0 Å². The van der Waals surface area contributed by atoms with Crippen LogP contribution in [0.3, 0.4) is 0 Å². The van der Waals surface area contributed by atoms with Crippen molar-refractivity contribution in [3.63, 3.8) is 0 Å². The Hall–Kier alpha value is -3.15. The summed E-state index contributed by atoms with van der Waals surface area (Å²) in [7, 11) is 1.51. The number of methoxy groups -OCH3 is 1. The summed E-state index contributed by atoms with van der Waals surface area (Å²) < 4.78 is 5.22. The van der Waals surface area contributed by atoms with Crippen molar-refractivity contribution in [1.29, 1.82) is 0 Å². The van der Waals surface area contributed by atoms with Crippen molar-refractivity contribution in [2.24, 2.45) is 0 Å². The highest BCUT2D eigenvalue weighted by Gasteiger charge is 2.36. The van der Waals surface area contributed by atoms with Crippen LogP contribution in [0.2, 0.25) is 0 Å². The Bertz CT molecular complexity index is 889. The maximum absolute atomic E-state index is 12.4. The Labute approximate surface area is 145 Å². The topological polar surface area (TPSA) is 75.7 Å². The Balaban J connectivity index is 1.77. The quantitative estimate of drug-likeness (QED) is 0.869. The third-order valence-corrected chi connectivity index (χ3v) is 4.06. The number of carbonyl (C=O) groups excluding carboxylic acids is 3. The van der Waals surface area contributed by atoms with Crippen LogP contribution in [0.15, 0.2) is 36.4 Å². The summed E-state index contributed by atoms with van der Waals surface area (Å²) in [6, 6.07) is 10.4. The van der Waals surface area contributed by atoms with E-state index in [1.807, 2.05) is 19.9 Å². The Morgan fingerprint density at radius 1 is 1.00 bits per heavy atom. The van der Waals surface area contributed by atoms with E-state index in [4.69, 9.17) is 4.74 Å². The van der Waals surface area contributed by atoms with Crippen LogP contribution >= 0.6 is 0 Å². The zero-order valence-corrected chi connectivity index (χ0v) is 14.3. The molecule has 3 amide bonds. The predicted molar refractivity (Wildman–Crippen MR) is 92.9 cm³/mol. The molecule has 0 radical (unpaired) electrons. The van der Waals surface area contributed by atoms with E-state index in [1.165, 1.54) is 7.11 Å². The van der Waals surface area contributed by atoms with Gasteiger partial charge in [-0.3, -0.25) is 19.3 Å². The van der Waals surface area contributed by atoms with E-state index >= 15 is 0 Å². The molecule has 0 spiro atoms. The number of rotatable bonds is 4. The third-order valence-electron chi connectivity index (χ3n) is 4.06. The molecule has 128 valence electrons. The number of anilines is 1. The first-order valence-corrected chi connectivity index (χ1v) is 7.82. The maximum Gasteiger partial charge on any atom is 0.262 e. The van der Waals surface area contributed by atoms with E-state index in [0.29, 0.717) is 22.6 Å². The van der Waals surface area contributed by atoms with E-state index < -0.39 is 17.7 Å². The molecular weight excluding hydrogens is 320 g/mol. The first-order valence-electron chi connectivity index (χ1n) is 7.82. The Kier molecular flexibility index (Phi) is 4.27. The summed E-state index contributed by atoms with van der Waals surface area (Å²) in [4.78, 5) is 38.1. The number of hydrogen-bond acceptors (Lipinski definition) is 4. The van der Waals surface area contributed by atoms with Gasteiger partial charge in [-0.05, 0) is 43.7 Å². The number of hydrogen-bond donors (Lipinski definition) is 1. The second-order valence-corrected chi connectivity index (χ2v) is 6.00. The molecule has 2 aromatic carbocycles. The van der Waals surface area contributed by atoms with E-state index in [0.717, 1.165) is 16.0 Å². The van der Waals surface area contributed by atoms with Crippen LogP contribution in [0.5, 0.6) is 5.75 Å². The molecule has 0 aromatic heterocycles. The minimum atomic E-state index is -0.463. The molecule has 1 aliphatic heterocycles. The average Bonchev–Trinajstić information content (AvgIpc) is 2.79. The summed E-state index contributed by atoms with van der Waals surface area (Å²) in [5.74, 6) is -0.853. The number of benzene rings is 2. The van der Waals surface area contributed by atoms with Crippen molar-refractivity contribution < 1.29 is 19.1 Å². The molecule has 0 saturated carbocycles. The van der Waals surface area contributed by atoms with E-state index in [-0.39, 0.29) is 6.54 Å². The van der Waals surface area contributed by atoms with Crippen LogP contribution in [-0.2, 0) is 4.79 Å². The molecule has 3 rings (SSSR count). The van der Waals surface area contributed by atoms with E-state index in [1.54, 1.807) is 30.3 Å². The van der Waals surface area contributed by atoms with Crippen LogP contribution in [-0.4, -0.2) is 36.3 Å². The number of fused-ring (bicyclic) bond motifs is 1. The maximum atomic E-state index is 12.4. The van der Waals surface area contributed by atoms with Gasteiger partial charge in [0, 0.05) is 0 Å². The predicted octanol–water partition coefficient (Wildman–Crippen LogP) is 2.55. The number of nitrogens with one attached hydrogen (secondary N) is 1. The Morgan fingerprint density at radius 2 is 1.64 bits per heavy atom. The molecule has 6 nitrogen and oxygen atoms in total. The lowest BCUT2D eigenvalue weighted by Gasteiger charge is -2.15. The van der Waals surface area contributed by atoms with Gasteiger partial charge >= 0.3 is 0 Å². The molecular formula is C19H18N2O4. The molecule has 0 atom stereocenters. The first-order chi connectivity index (χ1) is 11.9. The lowest BCUT2D eigenvalue weighted by Crippen LogP contribution is -2.37. The van der Waals surface area contributed by atoms with E-state index in [2.05, 4.69) is 5.32 Å². The monoisotopic (exact) mass is 338 g/mol. The average molecular weight is 338 g/mol. The van der Waals surface area contributed by atoms with Gasteiger partial charge in [0.25, 0.3) is 11.8 Å². The SMILES string of the molecule is COc1ccc(C)cc1NC(=O)CN1C(=O)c2ccc(C)cc2C1=O. The molecule has 0 aliphatic carbocycles. The van der Waals surface area contributed by atoms with Gasteiger partial charge in [0.2, 0.25) is 5.91 Å². The molecule has 0 fully saturated rings. The lowest BCUT2D eigenvalue weighted by molar-refractivity contribution is -0.116. The van der Waals surface area contributed by atoms with Gasteiger partial charge < -0.3 is 10.1 Å². The highest BCUT2D eigenvalue weighted by Crippen LogP contribution is 2.26. The molecule has 0 saturated heterocycles.